The number of rotatable bonds is 6. The maximum absolute atomic E-state index is 12.9. The molecule has 1 unspecified atom stereocenters. The molecule has 0 aliphatic carbocycles. The van der Waals surface area contributed by atoms with Gasteiger partial charge in [0.25, 0.3) is 5.56 Å². The zero-order valence-corrected chi connectivity index (χ0v) is 17.4. The number of fused-ring (bicyclic) bond motifs is 1. The summed E-state index contributed by atoms with van der Waals surface area (Å²) in [5, 5.41) is 13.9. The predicted octanol–water partition coefficient (Wildman–Crippen LogP) is 4.95. The van der Waals surface area contributed by atoms with Crippen LogP contribution in [0.15, 0.2) is 71.7 Å². The molecule has 8 heteroatoms. The van der Waals surface area contributed by atoms with Gasteiger partial charge < -0.3 is 15.2 Å². The Hall–Kier alpha value is -3.29. The molecule has 0 aliphatic heterocycles. The minimum absolute atomic E-state index is 0.146. The minimum atomic E-state index is -1.00. The van der Waals surface area contributed by atoms with Crippen LogP contribution in [0.1, 0.15) is 10.9 Å². The first kappa shape index (κ1) is 20.0. The van der Waals surface area contributed by atoms with Crippen LogP contribution < -0.4 is 15.6 Å². The maximum atomic E-state index is 12.9. The molecule has 0 amide bonds. The summed E-state index contributed by atoms with van der Waals surface area (Å²) in [6, 6.07) is 16.6. The molecule has 30 heavy (non-hydrogen) atoms. The quantitative estimate of drug-likeness (QED) is 0.443. The van der Waals surface area contributed by atoms with Gasteiger partial charge in [-0.3, -0.25) is 9.36 Å². The summed E-state index contributed by atoms with van der Waals surface area (Å²) in [5.74, 6) is -0.311. The Morgan fingerprint density at radius 1 is 1.13 bits per heavy atom. The van der Waals surface area contributed by atoms with Gasteiger partial charge in [0, 0.05) is 27.8 Å². The van der Waals surface area contributed by atoms with Crippen LogP contribution in [0.3, 0.4) is 0 Å². The molecule has 2 aromatic heterocycles. The number of benzene rings is 2. The number of carboxylic acid groups (broad SMARTS) is 1. The fourth-order valence-corrected chi connectivity index (χ4v) is 4.28. The molecule has 2 N–H and O–H groups in total. The van der Waals surface area contributed by atoms with Crippen molar-refractivity contribution >= 4 is 45.4 Å². The van der Waals surface area contributed by atoms with Crippen LogP contribution in [0.2, 0.25) is 4.34 Å². The zero-order valence-electron chi connectivity index (χ0n) is 15.8. The largest absolute Gasteiger partial charge is 0.497 e. The molecule has 4 aromatic rings. The topological polar surface area (TPSA) is 80.6 Å². The van der Waals surface area contributed by atoms with Gasteiger partial charge in [-0.15, -0.1) is 11.3 Å². The van der Waals surface area contributed by atoms with Gasteiger partial charge in [0.05, 0.1) is 11.4 Å². The summed E-state index contributed by atoms with van der Waals surface area (Å²) in [6.07, 6.45) is 1.71. The van der Waals surface area contributed by atoms with Crippen LogP contribution in [-0.4, -0.2) is 22.8 Å². The van der Waals surface area contributed by atoms with Crippen molar-refractivity contribution in [3.05, 3.63) is 86.4 Å². The van der Waals surface area contributed by atoms with E-state index in [4.69, 9.17) is 16.3 Å². The van der Waals surface area contributed by atoms with E-state index in [2.05, 4.69) is 5.32 Å². The SMILES string of the molecule is COc1ccc2c(=O)n(-c3ccc(NC(C(=O)O)c4ccc(Cl)s4)cc3)ccc2c1. The van der Waals surface area contributed by atoms with E-state index in [9.17, 15) is 14.7 Å². The Balaban J connectivity index is 1.62. The summed E-state index contributed by atoms with van der Waals surface area (Å²) in [4.78, 5) is 25.2. The van der Waals surface area contributed by atoms with E-state index in [1.54, 1.807) is 66.4 Å². The van der Waals surface area contributed by atoms with Gasteiger partial charge >= 0.3 is 5.97 Å². The van der Waals surface area contributed by atoms with Crippen LogP contribution in [-0.2, 0) is 4.79 Å². The van der Waals surface area contributed by atoms with Gasteiger partial charge in [-0.1, -0.05) is 11.6 Å². The number of hydrogen-bond donors (Lipinski definition) is 2. The first-order chi connectivity index (χ1) is 14.5. The number of hydrogen-bond acceptors (Lipinski definition) is 5. The van der Waals surface area contributed by atoms with Crippen molar-refractivity contribution in [2.45, 2.75) is 6.04 Å². The number of nitrogens with one attached hydrogen (secondary N) is 1. The molecule has 0 saturated heterocycles. The third kappa shape index (κ3) is 3.90. The van der Waals surface area contributed by atoms with Crippen molar-refractivity contribution in [2.24, 2.45) is 0 Å². The lowest BCUT2D eigenvalue weighted by molar-refractivity contribution is -0.138. The van der Waals surface area contributed by atoms with E-state index in [1.807, 2.05) is 12.1 Å². The van der Waals surface area contributed by atoms with E-state index in [1.165, 1.54) is 11.3 Å². The van der Waals surface area contributed by atoms with Crippen LogP contribution in [0.25, 0.3) is 16.5 Å². The van der Waals surface area contributed by atoms with Crippen LogP contribution >= 0.6 is 22.9 Å². The molecule has 0 bridgehead atoms. The van der Waals surface area contributed by atoms with Gasteiger partial charge in [-0.05, 0) is 66.0 Å². The fourth-order valence-electron chi connectivity index (χ4n) is 3.18. The molecule has 2 aromatic carbocycles. The molecule has 0 radical (unpaired) electrons. The first-order valence-corrected chi connectivity index (χ1v) is 10.2. The van der Waals surface area contributed by atoms with Crippen LogP contribution in [0.5, 0.6) is 5.75 Å². The molecule has 0 saturated carbocycles. The third-order valence-electron chi connectivity index (χ3n) is 4.69. The average molecular weight is 441 g/mol. The molecule has 2 heterocycles. The highest BCUT2D eigenvalue weighted by molar-refractivity contribution is 7.16. The summed E-state index contributed by atoms with van der Waals surface area (Å²) < 4.78 is 7.29. The van der Waals surface area contributed by atoms with Crippen LogP contribution in [0, 0.1) is 0 Å². The van der Waals surface area contributed by atoms with Crippen molar-refractivity contribution in [3.8, 4) is 11.4 Å². The second kappa shape index (κ2) is 8.22. The number of pyridine rings is 1. The smallest absolute Gasteiger partial charge is 0.331 e. The normalized spacial score (nSPS) is 11.9. The van der Waals surface area contributed by atoms with Crippen molar-refractivity contribution in [2.75, 3.05) is 12.4 Å². The van der Waals surface area contributed by atoms with Gasteiger partial charge in [-0.2, -0.15) is 0 Å². The highest BCUT2D eigenvalue weighted by Crippen LogP contribution is 2.30. The number of nitrogens with zero attached hydrogens (tertiary/aromatic N) is 1. The Labute approximate surface area is 180 Å². The van der Waals surface area contributed by atoms with E-state index < -0.39 is 12.0 Å². The predicted molar refractivity (Wildman–Crippen MR) is 119 cm³/mol. The standard InChI is InChI=1S/C22H17ClN2O4S/c1-29-16-6-7-17-13(12-16)10-11-25(21(17)26)15-4-2-14(3-5-15)24-20(22(27)28)18-8-9-19(23)30-18/h2-12,20,24H,1H3,(H,27,28). The number of thiophene rings is 1. The van der Waals surface area contributed by atoms with Gasteiger partial charge in [0.15, 0.2) is 6.04 Å². The minimum Gasteiger partial charge on any atom is -0.497 e. The molecule has 1 atom stereocenters. The number of aliphatic carboxylic acids is 1. The second-order valence-electron chi connectivity index (χ2n) is 6.55. The fraction of sp³-hybridized carbons (Fsp3) is 0.0909. The van der Waals surface area contributed by atoms with Crippen molar-refractivity contribution < 1.29 is 14.6 Å². The summed E-state index contributed by atoms with van der Waals surface area (Å²) >= 11 is 7.15. The Morgan fingerprint density at radius 3 is 2.53 bits per heavy atom. The Kier molecular flexibility index (Phi) is 5.48. The number of halogens is 1. The Bertz CT molecular complexity index is 1280. The van der Waals surface area contributed by atoms with Crippen molar-refractivity contribution in [3.63, 3.8) is 0 Å². The molecule has 4 rings (SSSR count). The number of aromatic nitrogens is 1. The number of methoxy groups -OCH3 is 1. The third-order valence-corrected chi connectivity index (χ3v) is 5.99. The molecular formula is C22H17ClN2O4S. The van der Waals surface area contributed by atoms with E-state index in [-0.39, 0.29) is 5.56 Å². The monoisotopic (exact) mass is 440 g/mol. The number of anilines is 1. The molecule has 0 spiro atoms. The number of carbonyl (C=O) groups is 1. The first-order valence-electron chi connectivity index (χ1n) is 9.00. The number of carboxylic acids is 1. The molecule has 0 fully saturated rings. The van der Waals surface area contributed by atoms with Gasteiger partial charge in [-0.25, -0.2) is 4.79 Å². The lowest BCUT2D eigenvalue weighted by atomic mass is 10.1. The van der Waals surface area contributed by atoms with Crippen molar-refractivity contribution in [1.29, 1.82) is 0 Å². The molecule has 152 valence electrons. The lowest BCUT2D eigenvalue weighted by Gasteiger charge is -2.15. The van der Waals surface area contributed by atoms with Gasteiger partial charge in [0.1, 0.15) is 5.75 Å². The van der Waals surface area contributed by atoms with E-state index in [0.29, 0.717) is 31.7 Å². The second-order valence-corrected chi connectivity index (χ2v) is 8.30. The average Bonchev–Trinajstić information content (AvgIpc) is 3.18. The highest BCUT2D eigenvalue weighted by Gasteiger charge is 2.21. The van der Waals surface area contributed by atoms with E-state index in [0.717, 1.165) is 5.39 Å². The molecular weight excluding hydrogens is 424 g/mol. The van der Waals surface area contributed by atoms with Crippen molar-refractivity contribution in [1.82, 2.24) is 4.57 Å². The van der Waals surface area contributed by atoms with Gasteiger partial charge in [0.2, 0.25) is 0 Å². The summed E-state index contributed by atoms with van der Waals surface area (Å²) in [6.45, 7) is 0. The van der Waals surface area contributed by atoms with E-state index >= 15 is 0 Å². The summed E-state index contributed by atoms with van der Waals surface area (Å²) in [5.41, 5.74) is 1.15. The number of ether oxygens (including phenoxy) is 1. The molecule has 0 aliphatic rings. The molecule has 6 nitrogen and oxygen atoms in total. The lowest BCUT2D eigenvalue weighted by Crippen LogP contribution is -2.20. The van der Waals surface area contributed by atoms with Crippen LogP contribution in [0.4, 0.5) is 5.69 Å². The Morgan fingerprint density at radius 2 is 1.90 bits per heavy atom. The zero-order chi connectivity index (χ0) is 21.3. The summed E-state index contributed by atoms with van der Waals surface area (Å²) in [7, 11) is 1.58. The highest BCUT2D eigenvalue weighted by atomic mass is 35.5. The maximum Gasteiger partial charge on any atom is 0.331 e.